The van der Waals surface area contributed by atoms with Gasteiger partial charge in [-0.15, -0.1) is 0 Å². The van der Waals surface area contributed by atoms with E-state index in [0.717, 1.165) is 18.3 Å². The van der Waals surface area contributed by atoms with Crippen molar-refractivity contribution >= 4 is 0 Å². The lowest BCUT2D eigenvalue weighted by atomic mass is 9.41. The Morgan fingerprint density at radius 3 is 2.55 bits per heavy atom. The molecule has 0 aromatic rings. The minimum absolute atomic E-state index is 0.165. The highest BCUT2D eigenvalue weighted by Gasteiger charge is 2.64. The molecule has 2 N–H and O–H groups in total. The molecule has 2 nitrogen and oxygen atoms in total. The Labute approximate surface area is 135 Å². The molecule has 0 amide bonds. The zero-order chi connectivity index (χ0) is 15.6. The van der Waals surface area contributed by atoms with Crippen molar-refractivity contribution in [1.29, 1.82) is 0 Å². The van der Waals surface area contributed by atoms with E-state index in [1.54, 1.807) is 0 Å². The monoisotopic (exact) mass is 304 g/mol. The minimum atomic E-state index is -0.221. The molecule has 4 rings (SSSR count). The van der Waals surface area contributed by atoms with E-state index >= 15 is 0 Å². The average Bonchev–Trinajstić information content (AvgIpc) is 2.75. The predicted octanol–water partition coefficient (Wildman–Crippen LogP) is 3.92. The Morgan fingerprint density at radius 1 is 1.05 bits per heavy atom. The molecule has 4 fully saturated rings. The fourth-order valence-electron chi connectivity index (χ4n) is 7.73. The summed E-state index contributed by atoms with van der Waals surface area (Å²) in [5, 5.41) is 20.2. The third-order valence-corrected chi connectivity index (χ3v) is 8.63. The molecule has 124 valence electrons. The van der Waals surface area contributed by atoms with Crippen molar-refractivity contribution in [2.45, 2.75) is 64.7 Å². The maximum atomic E-state index is 10.1. The van der Waals surface area contributed by atoms with Crippen molar-refractivity contribution in [3.05, 3.63) is 12.2 Å². The van der Waals surface area contributed by atoms with Crippen LogP contribution in [0.5, 0.6) is 0 Å². The third kappa shape index (κ3) is 1.74. The molecule has 4 saturated carbocycles. The van der Waals surface area contributed by atoms with Crippen LogP contribution >= 0.6 is 0 Å². The van der Waals surface area contributed by atoms with Gasteiger partial charge in [0, 0.05) is 5.41 Å². The largest absolute Gasteiger partial charge is 0.396 e. The standard InChI is InChI=1S/C20H32O2/c1-14-10-19-9-6-17-18(2,16(19)5-4-15(14)11-19)7-3-8-20(17,12-21)13-22/h15-17,21-22H,1,3-13H2,2H3/t15-,16-,17-,18-,19+/m1/s1. The summed E-state index contributed by atoms with van der Waals surface area (Å²) >= 11 is 0. The molecule has 2 heteroatoms. The number of rotatable bonds is 2. The van der Waals surface area contributed by atoms with E-state index in [0.29, 0.717) is 16.7 Å². The van der Waals surface area contributed by atoms with Crippen molar-refractivity contribution in [3.63, 3.8) is 0 Å². The van der Waals surface area contributed by atoms with Crippen LogP contribution in [0.2, 0.25) is 0 Å². The van der Waals surface area contributed by atoms with Crippen LogP contribution in [0.15, 0.2) is 12.2 Å². The number of allylic oxidation sites excluding steroid dienone is 1. The lowest BCUT2D eigenvalue weighted by molar-refractivity contribution is -0.175. The van der Waals surface area contributed by atoms with E-state index in [1.165, 1.54) is 56.9 Å². The highest BCUT2D eigenvalue weighted by Crippen LogP contribution is 2.72. The highest BCUT2D eigenvalue weighted by atomic mass is 16.3. The molecule has 5 atom stereocenters. The van der Waals surface area contributed by atoms with Crippen LogP contribution in [0.1, 0.15) is 64.7 Å². The third-order valence-electron chi connectivity index (χ3n) is 8.63. The number of aliphatic hydroxyl groups is 2. The summed E-state index contributed by atoms with van der Waals surface area (Å²) in [5.41, 5.74) is 2.13. The van der Waals surface area contributed by atoms with Gasteiger partial charge in [-0.05, 0) is 80.0 Å². The molecule has 0 radical (unpaired) electrons. The van der Waals surface area contributed by atoms with Gasteiger partial charge in [-0.2, -0.15) is 0 Å². The first kappa shape index (κ1) is 15.2. The molecule has 4 aliphatic rings. The van der Waals surface area contributed by atoms with E-state index in [2.05, 4.69) is 13.5 Å². The summed E-state index contributed by atoms with van der Waals surface area (Å²) in [5.74, 6) is 2.08. The maximum absolute atomic E-state index is 10.1. The maximum Gasteiger partial charge on any atom is 0.0512 e. The zero-order valence-electron chi connectivity index (χ0n) is 14.1. The summed E-state index contributed by atoms with van der Waals surface area (Å²) in [4.78, 5) is 0. The molecule has 0 aromatic heterocycles. The Bertz CT molecular complexity index is 480. The molecule has 22 heavy (non-hydrogen) atoms. The van der Waals surface area contributed by atoms with Crippen LogP contribution in [-0.4, -0.2) is 23.4 Å². The van der Waals surface area contributed by atoms with E-state index in [-0.39, 0.29) is 18.6 Å². The van der Waals surface area contributed by atoms with Crippen LogP contribution in [0.3, 0.4) is 0 Å². The molecule has 0 heterocycles. The van der Waals surface area contributed by atoms with Gasteiger partial charge in [-0.1, -0.05) is 25.5 Å². The molecular formula is C20H32O2. The van der Waals surface area contributed by atoms with E-state index in [1.807, 2.05) is 0 Å². The Kier molecular flexibility index (Phi) is 3.34. The van der Waals surface area contributed by atoms with E-state index in [9.17, 15) is 10.2 Å². The van der Waals surface area contributed by atoms with Crippen molar-refractivity contribution in [3.8, 4) is 0 Å². The van der Waals surface area contributed by atoms with Gasteiger partial charge in [0.1, 0.15) is 0 Å². The Balaban J connectivity index is 1.73. The molecule has 0 aromatic carbocycles. The van der Waals surface area contributed by atoms with E-state index in [4.69, 9.17) is 0 Å². The predicted molar refractivity (Wildman–Crippen MR) is 88.3 cm³/mol. The summed E-state index contributed by atoms with van der Waals surface area (Å²) < 4.78 is 0. The van der Waals surface area contributed by atoms with Gasteiger partial charge in [0.2, 0.25) is 0 Å². The highest BCUT2D eigenvalue weighted by molar-refractivity contribution is 5.22. The van der Waals surface area contributed by atoms with Crippen molar-refractivity contribution in [2.24, 2.45) is 34.0 Å². The summed E-state index contributed by atoms with van der Waals surface area (Å²) in [6, 6.07) is 0. The van der Waals surface area contributed by atoms with Gasteiger partial charge in [0.05, 0.1) is 13.2 Å². The number of aliphatic hydroxyl groups excluding tert-OH is 2. The summed E-state index contributed by atoms with van der Waals surface area (Å²) in [7, 11) is 0. The molecule has 4 aliphatic carbocycles. The molecule has 0 saturated heterocycles. The number of fused-ring (bicyclic) bond motifs is 3. The normalized spacial score (nSPS) is 49.6. The molecule has 1 spiro atoms. The second kappa shape index (κ2) is 4.83. The Morgan fingerprint density at radius 2 is 1.82 bits per heavy atom. The van der Waals surface area contributed by atoms with Gasteiger partial charge in [-0.3, -0.25) is 0 Å². The minimum Gasteiger partial charge on any atom is -0.396 e. The summed E-state index contributed by atoms with van der Waals surface area (Å²) in [6.45, 7) is 7.23. The van der Waals surface area contributed by atoms with Crippen LogP contribution in [0.25, 0.3) is 0 Å². The Hall–Kier alpha value is -0.340. The summed E-state index contributed by atoms with van der Waals surface area (Å²) in [6.07, 6.45) is 11.3. The first-order chi connectivity index (χ1) is 10.5. The second-order valence-electron chi connectivity index (χ2n) is 9.36. The van der Waals surface area contributed by atoms with E-state index < -0.39 is 0 Å². The lowest BCUT2D eigenvalue weighted by Crippen LogP contribution is -2.59. The molecule has 0 unspecified atom stereocenters. The van der Waals surface area contributed by atoms with Crippen LogP contribution < -0.4 is 0 Å². The van der Waals surface area contributed by atoms with Gasteiger partial charge in [-0.25, -0.2) is 0 Å². The van der Waals surface area contributed by atoms with Crippen LogP contribution in [0.4, 0.5) is 0 Å². The topological polar surface area (TPSA) is 40.5 Å². The molecule has 0 aliphatic heterocycles. The number of hydrogen-bond acceptors (Lipinski definition) is 2. The van der Waals surface area contributed by atoms with Gasteiger partial charge < -0.3 is 10.2 Å². The van der Waals surface area contributed by atoms with Crippen molar-refractivity contribution in [1.82, 2.24) is 0 Å². The van der Waals surface area contributed by atoms with Crippen molar-refractivity contribution < 1.29 is 10.2 Å². The fourth-order valence-corrected chi connectivity index (χ4v) is 7.73. The lowest BCUT2D eigenvalue weighted by Gasteiger charge is -2.64. The van der Waals surface area contributed by atoms with Crippen molar-refractivity contribution in [2.75, 3.05) is 13.2 Å². The zero-order valence-corrected chi connectivity index (χ0v) is 14.1. The van der Waals surface area contributed by atoms with Gasteiger partial charge in [0.25, 0.3) is 0 Å². The average molecular weight is 304 g/mol. The fraction of sp³-hybridized carbons (Fsp3) is 0.900. The smallest absolute Gasteiger partial charge is 0.0512 e. The second-order valence-corrected chi connectivity index (χ2v) is 9.36. The van der Waals surface area contributed by atoms with Gasteiger partial charge in [0.15, 0.2) is 0 Å². The first-order valence-corrected chi connectivity index (χ1v) is 9.39. The van der Waals surface area contributed by atoms with Crippen LogP contribution in [-0.2, 0) is 0 Å². The molecular weight excluding hydrogens is 272 g/mol. The van der Waals surface area contributed by atoms with Gasteiger partial charge >= 0.3 is 0 Å². The van der Waals surface area contributed by atoms with Crippen LogP contribution in [0, 0.1) is 34.0 Å². The quantitative estimate of drug-likeness (QED) is 0.759. The molecule has 2 bridgehead atoms. The first-order valence-electron chi connectivity index (χ1n) is 9.39. The SMILES string of the molecule is C=C1C[C@]23CC[C@H]4C(CO)(CO)CCC[C@]4(C)[C@H]2CC[C@@H]1C3. The number of hydrogen-bond donors (Lipinski definition) is 2.